The van der Waals surface area contributed by atoms with Gasteiger partial charge in [0, 0.05) is 0 Å². The topological polar surface area (TPSA) is 91.0 Å². The second kappa shape index (κ2) is 8.58. The first-order valence-corrected chi connectivity index (χ1v) is 11.2. The maximum absolute atomic E-state index is 13.4. The quantitative estimate of drug-likeness (QED) is 0.476. The molecule has 3 aromatic heterocycles. The third kappa shape index (κ3) is 4.16. The molecule has 0 aliphatic heterocycles. The number of benzene rings is 1. The van der Waals surface area contributed by atoms with Gasteiger partial charge in [-0.3, -0.25) is 14.3 Å². The van der Waals surface area contributed by atoms with Crippen molar-refractivity contribution in [3.05, 3.63) is 58.3 Å². The molecule has 0 spiro atoms. The molecule has 8 nitrogen and oxygen atoms in total. The number of hydrogen-bond acceptors (Lipinski definition) is 6. The van der Waals surface area contributed by atoms with Crippen LogP contribution in [0.1, 0.15) is 27.7 Å². The number of hydrogen-bond donors (Lipinski definition) is 1. The molecule has 0 aliphatic rings. The lowest BCUT2D eigenvalue weighted by molar-refractivity contribution is -0.117. The van der Waals surface area contributed by atoms with Gasteiger partial charge < -0.3 is 10.1 Å². The second-order valence-corrected chi connectivity index (χ2v) is 9.20. The lowest BCUT2D eigenvalue weighted by Crippen LogP contribution is -2.33. The number of rotatable bonds is 6. The van der Waals surface area contributed by atoms with Gasteiger partial charge in [0.2, 0.25) is 5.91 Å². The van der Waals surface area contributed by atoms with Crippen LogP contribution in [-0.4, -0.2) is 32.1 Å². The largest absolute Gasteiger partial charge is 0.492 e. The molecule has 0 aliphatic carbocycles. The van der Waals surface area contributed by atoms with E-state index in [1.54, 1.807) is 23.0 Å². The van der Waals surface area contributed by atoms with Crippen molar-refractivity contribution in [2.45, 2.75) is 39.8 Å². The van der Waals surface area contributed by atoms with Crippen molar-refractivity contribution in [2.75, 3.05) is 11.9 Å². The SMILES string of the molecule is CCOc1ccccc1NC(=O)Cn1nc(-c2cccs2)c2cnn(C(C)(C)C)c2c1=O. The fourth-order valence-electron chi connectivity index (χ4n) is 3.46. The third-order valence-corrected chi connectivity index (χ3v) is 5.70. The molecular formula is C23H25N5O3S. The summed E-state index contributed by atoms with van der Waals surface area (Å²) < 4.78 is 8.48. The highest BCUT2D eigenvalue weighted by atomic mass is 32.1. The summed E-state index contributed by atoms with van der Waals surface area (Å²) in [5.41, 5.74) is 0.838. The lowest BCUT2D eigenvalue weighted by atomic mass is 10.1. The Kier molecular flexibility index (Phi) is 5.84. The van der Waals surface area contributed by atoms with Gasteiger partial charge in [-0.25, -0.2) is 4.68 Å². The van der Waals surface area contributed by atoms with Gasteiger partial charge in [0.1, 0.15) is 23.5 Å². The molecule has 4 aromatic rings. The highest BCUT2D eigenvalue weighted by molar-refractivity contribution is 7.13. The van der Waals surface area contributed by atoms with E-state index in [0.29, 0.717) is 34.6 Å². The Morgan fingerprint density at radius 1 is 1.19 bits per heavy atom. The molecule has 1 aromatic carbocycles. The number of anilines is 1. The van der Waals surface area contributed by atoms with Gasteiger partial charge in [-0.2, -0.15) is 10.2 Å². The van der Waals surface area contributed by atoms with Crippen LogP contribution in [0.3, 0.4) is 0 Å². The molecule has 0 saturated heterocycles. The zero-order chi connectivity index (χ0) is 22.9. The van der Waals surface area contributed by atoms with Crippen molar-refractivity contribution in [3.63, 3.8) is 0 Å². The maximum atomic E-state index is 13.4. The van der Waals surface area contributed by atoms with Crippen molar-refractivity contribution >= 4 is 33.8 Å². The van der Waals surface area contributed by atoms with Crippen molar-refractivity contribution in [2.24, 2.45) is 0 Å². The Morgan fingerprint density at radius 2 is 1.97 bits per heavy atom. The Morgan fingerprint density at radius 3 is 2.66 bits per heavy atom. The van der Waals surface area contributed by atoms with Gasteiger partial charge in [-0.15, -0.1) is 11.3 Å². The number of fused-ring (bicyclic) bond motifs is 1. The lowest BCUT2D eigenvalue weighted by Gasteiger charge is -2.20. The molecule has 0 saturated carbocycles. The molecular weight excluding hydrogens is 426 g/mol. The number of thiophene rings is 1. The minimum atomic E-state index is -0.411. The van der Waals surface area contributed by atoms with Crippen LogP contribution in [0.15, 0.2) is 52.8 Å². The number of nitrogens with one attached hydrogen (secondary N) is 1. The molecule has 0 unspecified atom stereocenters. The Hall–Kier alpha value is -3.46. The minimum Gasteiger partial charge on any atom is -0.492 e. The summed E-state index contributed by atoms with van der Waals surface area (Å²) in [6.07, 6.45) is 1.67. The highest BCUT2D eigenvalue weighted by Gasteiger charge is 2.24. The minimum absolute atomic E-state index is 0.233. The summed E-state index contributed by atoms with van der Waals surface area (Å²) in [5, 5.41) is 14.5. The number of carbonyl (C=O) groups excluding carboxylic acids is 1. The molecule has 3 heterocycles. The van der Waals surface area contributed by atoms with Crippen LogP contribution in [0.4, 0.5) is 5.69 Å². The van der Waals surface area contributed by atoms with E-state index in [1.807, 2.05) is 57.3 Å². The van der Waals surface area contributed by atoms with Crippen molar-refractivity contribution in [3.8, 4) is 16.3 Å². The number of nitrogens with zero attached hydrogens (tertiary/aromatic N) is 4. The number of carbonyl (C=O) groups is 1. The summed E-state index contributed by atoms with van der Waals surface area (Å²) in [7, 11) is 0. The molecule has 0 atom stereocenters. The number of amides is 1. The van der Waals surface area contributed by atoms with Crippen LogP contribution >= 0.6 is 11.3 Å². The smallest absolute Gasteiger partial charge is 0.293 e. The number of aromatic nitrogens is 4. The van der Waals surface area contributed by atoms with Crippen LogP contribution in [0.25, 0.3) is 21.5 Å². The first kappa shape index (κ1) is 21.8. The maximum Gasteiger partial charge on any atom is 0.293 e. The number of ether oxygens (including phenoxy) is 1. The zero-order valence-electron chi connectivity index (χ0n) is 18.5. The monoisotopic (exact) mass is 451 g/mol. The van der Waals surface area contributed by atoms with E-state index in [-0.39, 0.29) is 18.0 Å². The van der Waals surface area contributed by atoms with Crippen LogP contribution in [-0.2, 0) is 16.9 Å². The fourth-order valence-corrected chi connectivity index (χ4v) is 4.18. The van der Waals surface area contributed by atoms with Crippen LogP contribution in [0.2, 0.25) is 0 Å². The highest BCUT2D eigenvalue weighted by Crippen LogP contribution is 2.30. The molecule has 0 fully saturated rings. The predicted molar refractivity (Wildman–Crippen MR) is 126 cm³/mol. The molecule has 1 amide bonds. The van der Waals surface area contributed by atoms with E-state index < -0.39 is 5.54 Å². The van der Waals surface area contributed by atoms with Crippen LogP contribution < -0.4 is 15.6 Å². The second-order valence-electron chi connectivity index (χ2n) is 8.26. The van der Waals surface area contributed by atoms with Crippen molar-refractivity contribution in [1.29, 1.82) is 0 Å². The summed E-state index contributed by atoms with van der Waals surface area (Å²) >= 11 is 1.52. The van der Waals surface area contributed by atoms with E-state index in [1.165, 1.54) is 16.0 Å². The van der Waals surface area contributed by atoms with Crippen molar-refractivity contribution < 1.29 is 9.53 Å². The van der Waals surface area contributed by atoms with Crippen LogP contribution in [0.5, 0.6) is 5.75 Å². The summed E-state index contributed by atoms with van der Waals surface area (Å²) in [6, 6.07) is 11.1. The average Bonchev–Trinajstić information content (AvgIpc) is 3.42. The molecule has 9 heteroatoms. The average molecular weight is 452 g/mol. The van der Waals surface area contributed by atoms with Gasteiger partial charge in [-0.05, 0) is 51.3 Å². The van der Waals surface area contributed by atoms with Gasteiger partial charge in [-0.1, -0.05) is 18.2 Å². The predicted octanol–water partition coefficient (Wildman–Crippen LogP) is 4.11. The van der Waals surface area contributed by atoms with Gasteiger partial charge >= 0.3 is 0 Å². The van der Waals surface area contributed by atoms with Crippen LogP contribution in [0, 0.1) is 0 Å². The molecule has 0 bridgehead atoms. The van der Waals surface area contributed by atoms with E-state index in [0.717, 1.165) is 4.88 Å². The normalized spacial score (nSPS) is 11.6. The zero-order valence-corrected chi connectivity index (χ0v) is 19.3. The van der Waals surface area contributed by atoms with Gasteiger partial charge in [0.05, 0.1) is 34.3 Å². The third-order valence-electron chi connectivity index (χ3n) is 4.83. The first-order valence-electron chi connectivity index (χ1n) is 10.3. The van der Waals surface area contributed by atoms with E-state index in [2.05, 4.69) is 15.5 Å². The first-order chi connectivity index (χ1) is 15.3. The molecule has 1 N–H and O–H groups in total. The van der Waals surface area contributed by atoms with E-state index in [4.69, 9.17) is 4.74 Å². The van der Waals surface area contributed by atoms with Gasteiger partial charge in [0.25, 0.3) is 5.56 Å². The summed E-state index contributed by atoms with van der Waals surface area (Å²) in [6.45, 7) is 8.06. The number of para-hydroxylation sites is 2. The Labute approximate surface area is 189 Å². The van der Waals surface area contributed by atoms with Crippen molar-refractivity contribution in [1.82, 2.24) is 19.6 Å². The summed E-state index contributed by atoms with van der Waals surface area (Å²) in [4.78, 5) is 27.1. The molecule has 32 heavy (non-hydrogen) atoms. The molecule has 0 radical (unpaired) electrons. The fraction of sp³-hybridized carbons (Fsp3) is 0.304. The summed E-state index contributed by atoms with van der Waals surface area (Å²) in [5.74, 6) is 0.203. The Bertz CT molecular complexity index is 1320. The van der Waals surface area contributed by atoms with E-state index in [9.17, 15) is 9.59 Å². The Balaban J connectivity index is 1.77. The molecule has 4 rings (SSSR count). The standard InChI is InChI=1S/C23H25N5O3S/c1-5-31-17-10-7-6-9-16(17)25-19(29)14-27-22(30)21-15(13-24-28(21)23(2,3)4)20(26-27)18-11-8-12-32-18/h6-13H,5,14H2,1-4H3,(H,25,29). The van der Waals surface area contributed by atoms with Gasteiger partial charge in [0.15, 0.2) is 0 Å². The van der Waals surface area contributed by atoms with E-state index >= 15 is 0 Å². The molecule has 166 valence electrons.